The van der Waals surface area contributed by atoms with Crippen LogP contribution in [0.15, 0.2) is 64.4 Å². The van der Waals surface area contributed by atoms with E-state index in [0.717, 1.165) is 9.71 Å². The van der Waals surface area contributed by atoms with Crippen LogP contribution in [0.4, 0.5) is 4.39 Å². The molecule has 4 nitrogen and oxygen atoms in total. The van der Waals surface area contributed by atoms with Crippen molar-refractivity contribution in [2.75, 3.05) is 0 Å². The molecule has 6 heteroatoms. The maximum atomic E-state index is 13.9. The lowest BCUT2D eigenvalue weighted by Gasteiger charge is -2.08. The van der Waals surface area contributed by atoms with Crippen LogP contribution in [-0.2, 0) is 6.54 Å². The van der Waals surface area contributed by atoms with Crippen molar-refractivity contribution >= 4 is 21.6 Å². The average Bonchev–Trinajstić information content (AvgIpc) is 3.21. The molecule has 0 aliphatic carbocycles. The zero-order valence-electron chi connectivity index (χ0n) is 11.9. The molecule has 114 valence electrons. The molecule has 0 spiro atoms. The number of aromatic nitrogens is 2. The minimum absolute atomic E-state index is 0.0631. The monoisotopic (exact) mass is 326 g/mol. The molecule has 0 radical (unpaired) electrons. The van der Waals surface area contributed by atoms with Crippen molar-refractivity contribution in [2.24, 2.45) is 0 Å². The minimum Gasteiger partial charge on any atom is -0.443 e. The van der Waals surface area contributed by atoms with Gasteiger partial charge in [0.2, 0.25) is 0 Å². The molecule has 0 saturated heterocycles. The van der Waals surface area contributed by atoms with Gasteiger partial charge in [-0.1, -0.05) is 18.2 Å². The number of thiophene rings is 1. The van der Waals surface area contributed by atoms with E-state index in [1.165, 1.54) is 29.9 Å². The first-order chi connectivity index (χ1) is 11.2. The fourth-order valence-corrected chi connectivity index (χ4v) is 3.58. The number of rotatable bonds is 3. The van der Waals surface area contributed by atoms with Crippen LogP contribution in [0.5, 0.6) is 0 Å². The molecule has 0 aliphatic rings. The van der Waals surface area contributed by atoms with E-state index in [0.29, 0.717) is 23.3 Å². The third kappa shape index (κ3) is 2.47. The highest BCUT2D eigenvalue weighted by Gasteiger charge is 2.13. The summed E-state index contributed by atoms with van der Waals surface area (Å²) in [5, 5.41) is 0.597. The second-order valence-corrected chi connectivity index (χ2v) is 6.13. The molecule has 0 unspecified atom stereocenters. The normalized spacial score (nSPS) is 11.2. The van der Waals surface area contributed by atoms with Crippen molar-refractivity contribution in [1.82, 2.24) is 9.55 Å². The summed E-state index contributed by atoms with van der Waals surface area (Å²) in [5.41, 5.74) is 0.513. The average molecular weight is 326 g/mol. The predicted octanol–water partition coefficient (Wildman–Crippen LogP) is 3.91. The summed E-state index contributed by atoms with van der Waals surface area (Å²) in [4.78, 5) is 17.6. The fraction of sp³-hybridized carbons (Fsp3) is 0.0588. The fourth-order valence-electron chi connectivity index (χ4n) is 2.48. The second-order valence-electron chi connectivity index (χ2n) is 5.09. The van der Waals surface area contributed by atoms with Crippen LogP contribution >= 0.6 is 11.3 Å². The van der Waals surface area contributed by atoms with Gasteiger partial charge in [0, 0.05) is 17.8 Å². The standard InChI is InChI=1S/C17H11FN2O2S/c18-13-4-2-1-3-11(13)9-20-6-5-14(21)12-7-16(23-17(12)20)15-8-19-10-22-15/h1-8,10H,9H2. The van der Waals surface area contributed by atoms with Gasteiger partial charge < -0.3 is 8.98 Å². The smallest absolute Gasteiger partial charge is 0.190 e. The van der Waals surface area contributed by atoms with Crippen LogP contribution in [-0.4, -0.2) is 9.55 Å². The molecule has 0 atom stereocenters. The van der Waals surface area contributed by atoms with Crippen molar-refractivity contribution < 1.29 is 8.81 Å². The number of pyridine rings is 1. The summed E-state index contributed by atoms with van der Waals surface area (Å²) in [6, 6.07) is 9.92. The number of halogens is 1. The summed E-state index contributed by atoms with van der Waals surface area (Å²) >= 11 is 1.43. The third-order valence-corrected chi connectivity index (χ3v) is 4.81. The Morgan fingerprint density at radius 3 is 2.91 bits per heavy atom. The van der Waals surface area contributed by atoms with E-state index in [4.69, 9.17) is 4.42 Å². The summed E-state index contributed by atoms with van der Waals surface area (Å²) in [5.74, 6) is 0.356. The highest BCUT2D eigenvalue weighted by atomic mass is 32.1. The number of hydrogen-bond donors (Lipinski definition) is 0. The number of hydrogen-bond acceptors (Lipinski definition) is 4. The van der Waals surface area contributed by atoms with Crippen LogP contribution in [0.25, 0.3) is 20.9 Å². The van der Waals surface area contributed by atoms with E-state index in [1.807, 2.05) is 4.57 Å². The molecule has 4 rings (SSSR count). The summed E-state index contributed by atoms with van der Waals surface area (Å²) in [6.45, 7) is 0.361. The maximum absolute atomic E-state index is 13.9. The molecule has 3 aromatic heterocycles. The summed E-state index contributed by atoms with van der Waals surface area (Å²) in [6.07, 6.45) is 4.65. The van der Waals surface area contributed by atoms with E-state index in [-0.39, 0.29) is 11.2 Å². The molecule has 23 heavy (non-hydrogen) atoms. The highest BCUT2D eigenvalue weighted by Crippen LogP contribution is 2.32. The number of fused-ring (bicyclic) bond motifs is 1. The van der Waals surface area contributed by atoms with Gasteiger partial charge in [0.05, 0.1) is 23.0 Å². The second kappa shape index (κ2) is 5.48. The Labute approximate surface area is 134 Å². The van der Waals surface area contributed by atoms with Gasteiger partial charge in [0.15, 0.2) is 17.6 Å². The first kappa shape index (κ1) is 13.9. The van der Waals surface area contributed by atoms with Gasteiger partial charge in [0.25, 0.3) is 0 Å². The van der Waals surface area contributed by atoms with E-state index in [9.17, 15) is 9.18 Å². The minimum atomic E-state index is -0.258. The topological polar surface area (TPSA) is 48.0 Å². The SMILES string of the molecule is O=c1ccn(Cc2ccccc2F)c2sc(-c3cnco3)cc12. The molecular formula is C17H11FN2O2S. The highest BCUT2D eigenvalue weighted by molar-refractivity contribution is 7.21. The van der Waals surface area contributed by atoms with Gasteiger partial charge in [-0.25, -0.2) is 9.37 Å². The van der Waals surface area contributed by atoms with Gasteiger partial charge in [-0.3, -0.25) is 4.79 Å². The number of oxazole rings is 1. The molecular weight excluding hydrogens is 315 g/mol. The third-order valence-electron chi connectivity index (χ3n) is 3.62. The zero-order valence-corrected chi connectivity index (χ0v) is 12.7. The molecule has 0 fully saturated rings. The summed E-state index contributed by atoms with van der Waals surface area (Å²) < 4.78 is 21.1. The molecule has 0 saturated carbocycles. The van der Waals surface area contributed by atoms with Gasteiger partial charge in [-0.15, -0.1) is 11.3 Å². The predicted molar refractivity (Wildman–Crippen MR) is 87.1 cm³/mol. The number of benzene rings is 1. The Morgan fingerprint density at radius 2 is 2.13 bits per heavy atom. The molecule has 0 N–H and O–H groups in total. The Kier molecular flexibility index (Phi) is 3.31. The van der Waals surface area contributed by atoms with Crippen molar-refractivity contribution in [1.29, 1.82) is 0 Å². The van der Waals surface area contributed by atoms with E-state index < -0.39 is 0 Å². The van der Waals surface area contributed by atoms with Gasteiger partial charge in [0.1, 0.15) is 10.6 Å². The zero-order chi connectivity index (χ0) is 15.8. The van der Waals surface area contributed by atoms with Crippen LogP contribution < -0.4 is 5.43 Å². The maximum Gasteiger partial charge on any atom is 0.190 e. The first-order valence-corrected chi connectivity index (χ1v) is 7.79. The van der Waals surface area contributed by atoms with Crippen LogP contribution in [0, 0.1) is 5.82 Å². The van der Waals surface area contributed by atoms with Gasteiger partial charge in [-0.05, 0) is 12.1 Å². The molecule has 0 bridgehead atoms. The lowest BCUT2D eigenvalue weighted by molar-refractivity contribution is 0.573. The van der Waals surface area contributed by atoms with Crippen molar-refractivity contribution in [2.45, 2.75) is 6.54 Å². The molecule has 0 amide bonds. The van der Waals surface area contributed by atoms with E-state index in [1.54, 1.807) is 36.7 Å². The van der Waals surface area contributed by atoms with Crippen LogP contribution in [0.3, 0.4) is 0 Å². The summed E-state index contributed by atoms with van der Waals surface area (Å²) in [7, 11) is 0. The Bertz CT molecular complexity index is 1030. The lowest BCUT2D eigenvalue weighted by Crippen LogP contribution is -2.07. The van der Waals surface area contributed by atoms with Crippen molar-refractivity contribution in [3.05, 3.63) is 76.8 Å². The van der Waals surface area contributed by atoms with E-state index in [2.05, 4.69) is 4.98 Å². The van der Waals surface area contributed by atoms with Crippen molar-refractivity contribution in [3.8, 4) is 10.6 Å². The lowest BCUT2D eigenvalue weighted by atomic mass is 10.2. The van der Waals surface area contributed by atoms with E-state index >= 15 is 0 Å². The van der Waals surface area contributed by atoms with Crippen molar-refractivity contribution in [3.63, 3.8) is 0 Å². The molecule has 0 aliphatic heterocycles. The van der Waals surface area contributed by atoms with Gasteiger partial charge >= 0.3 is 0 Å². The van der Waals surface area contributed by atoms with Gasteiger partial charge in [-0.2, -0.15) is 0 Å². The molecule has 1 aromatic carbocycles. The van der Waals surface area contributed by atoms with Crippen LogP contribution in [0.1, 0.15) is 5.56 Å². The Balaban J connectivity index is 1.86. The quantitative estimate of drug-likeness (QED) is 0.573. The molecule has 3 heterocycles. The first-order valence-electron chi connectivity index (χ1n) is 6.97. The largest absolute Gasteiger partial charge is 0.443 e. The van der Waals surface area contributed by atoms with Crippen LogP contribution in [0.2, 0.25) is 0 Å². The Hall–Kier alpha value is -2.73. The molecule has 4 aromatic rings. The Morgan fingerprint density at radius 1 is 1.26 bits per heavy atom. The number of nitrogens with zero attached hydrogens (tertiary/aromatic N) is 2.